The number of thioether (sulfide) groups is 1. The van der Waals surface area contributed by atoms with Crippen molar-refractivity contribution in [1.82, 2.24) is 9.97 Å². The van der Waals surface area contributed by atoms with Crippen molar-refractivity contribution in [3.63, 3.8) is 0 Å². The van der Waals surface area contributed by atoms with Crippen LogP contribution >= 0.6 is 11.8 Å². The normalized spacial score (nSPS) is 11.9. The summed E-state index contributed by atoms with van der Waals surface area (Å²) >= 11 is 1.73. The Morgan fingerprint density at radius 2 is 1.33 bits per heavy atom. The minimum atomic E-state index is -0.632. The van der Waals surface area contributed by atoms with Crippen LogP contribution in [0.1, 0.15) is 104 Å². The Hall–Kier alpha value is -2.08. The second-order valence-electron chi connectivity index (χ2n) is 9.44. The van der Waals surface area contributed by atoms with Gasteiger partial charge in [0, 0.05) is 23.7 Å². The van der Waals surface area contributed by atoms with Crippen LogP contribution in [0.25, 0.3) is 11.1 Å². The van der Waals surface area contributed by atoms with E-state index in [1.807, 2.05) is 36.7 Å². The van der Waals surface area contributed by atoms with Gasteiger partial charge < -0.3 is 9.47 Å². The second-order valence-corrected chi connectivity index (χ2v) is 10.5. The van der Waals surface area contributed by atoms with Gasteiger partial charge in [-0.05, 0) is 37.5 Å². The van der Waals surface area contributed by atoms with Crippen molar-refractivity contribution in [2.24, 2.45) is 0 Å². The smallest absolute Gasteiger partial charge is 0.347 e. The van der Waals surface area contributed by atoms with Gasteiger partial charge in [-0.1, -0.05) is 108 Å². The standard InChI is InChI=1S/C30H46N2O3S/c1-4-6-8-10-12-14-16-22-36-30-31-23-27(24-32-30)26-17-19-28(20-18-26)35-25(3)29(33)34-21-15-13-11-9-7-5-2/h17-20,23-25H,4-16,21-22H2,1-3H3/t25-/m1/s1. The average molecular weight is 515 g/mol. The molecule has 1 aromatic heterocycles. The van der Waals surface area contributed by atoms with Crippen LogP contribution in [0.2, 0.25) is 0 Å². The first-order valence-electron chi connectivity index (χ1n) is 14.0. The highest BCUT2D eigenvalue weighted by atomic mass is 32.2. The van der Waals surface area contributed by atoms with Crippen molar-refractivity contribution in [2.75, 3.05) is 12.4 Å². The van der Waals surface area contributed by atoms with E-state index in [-0.39, 0.29) is 5.97 Å². The van der Waals surface area contributed by atoms with Crippen LogP contribution in [0, 0.1) is 0 Å². The molecule has 0 spiro atoms. The van der Waals surface area contributed by atoms with Gasteiger partial charge in [-0.2, -0.15) is 0 Å². The number of ether oxygens (including phenoxy) is 2. The molecule has 1 aromatic carbocycles. The maximum absolute atomic E-state index is 12.2. The summed E-state index contributed by atoms with van der Waals surface area (Å²) in [5, 5.41) is 0.831. The monoisotopic (exact) mass is 514 g/mol. The lowest BCUT2D eigenvalue weighted by Crippen LogP contribution is -2.26. The van der Waals surface area contributed by atoms with Gasteiger partial charge in [0.15, 0.2) is 11.3 Å². The zero-order chi connectivity index (χ0) is 25.8. The van der Waals surface area contributed by atoms with Gasteiger partial charge in [0.25, 0.3) is 0 Å². The fraction of sp³-hybridized carbons (Fsp3) is 0.633. The molecular formula is C30H46N2O3S. The molecule has 0 aliphatic carbocycles. The van der Waals surface area contributed by atoms with Gasteiger partial charge in [-0.15, -0.1) is 0 Å². The molecule has 0 radical (unpaired) electrons. The van der Waals surface area contributed by atoms with Crippen molar-refractivity contribution in [3.8, 4) is 16.9 Å². The van der Waals surface area contributed by atoms with Crippen molar-refractivity contribution in [3.05, 3.63) is 36.7 Å². The SMILES string of the molecule is CCCCCCCCCSc1ncc(-c2ccc(O[C@H](C)C(=O)OCCCCCCCC)cc2)cn1. The Kier molecular flexibility index (Phi) is 16.0. The lowest BCUT2D eigenvalue weighted by atomic mass is 10.1. The summed E-state index contributed by atoms with van der Waals surface area (Å²) in [5.41, 5.74) is 1.98. The molecule has 0 aliphatic rings. The fourth-order valence-corrected chi connectivity index (χ4v) is 4.70. The summed E-state index contributed by atoms with van der Waals surface area (Å²) in [5.74, 6) is 1.40. The van der Waals surface area contributed by atoms with Crippen LogP contribution in [-0.2, 0) is 9.53 Å². The average Bonchev–Trinajstić information content (AvgIpc) is 2.90. The summed E-state index contributed by atoms with van der Waals surface area (Å²) < 4.78 is 11.1. The zero-order valence-electron chi connectivity index (χ0n) is 22.7. The van der Waals surface area contributed by atoms with E-state index in [1.54, 1.807) is 18.7 Å². The van der Waals surface area contributed by atoms with E-state index in [4.69, 9.17) is 9.47 Å². The van der Waals surface area contributed by atoms with Crippen LogP contribution in [0.4, 0.5) is 0 Å². The lowest BCUT2D eigenvalue weighted by molar-refractivity contribution is -0.151. The largest absolute Gasteiger partial charge is 0.479 e. The molecule has 0 amide bonds. The Balaban J connectivity index is 1.67. The number of hydrogen-bond donors (Lipinski definition) is 0. The summed E-state index contributed by atoms with van der Waals surface area (Å²) in [6.45, 7) is 6.66. The maximum atomic E-state index is 12.2. The van der Waals surface area contributed by atoms with Crippen molar-refractivity contribution < 1.29 is 14.3 Å². The van der Waals surface area contributed by atoms with Crippen LogP contribution in [0.15, 0.2) is 41.8 Å². The molecule has 2 aromatic rings. The predicted molar refractivity (Wildman–Crippen MR) is 151 cm³/mol. The number of hydrogen-bond acceptors (Lipinski definition) is 6. The van der Waals surface area contributed by atoms with E-state index in [9.17, 15) is 4.79 Å². The van der Waals surface area contributed by atoms with Gasteiger partial charge in [0.1, 0.15) is 5.75 Å². The van der Waals surface area contributed by atoms with Crippen LogP contribution in [0.5, 0.6) is 5.75 Å². The molecule has 36 heavy (non-hydrogen) atoms. The molecule has 0 unspecified atom stereocenters. The quantitative estimate of drug-likeness (QED) is 0.0762. The highest BCUT2D eigenvalue weighted by Crippen LogP contribution is 2.24. The van der Waals surface area contributed by atoms with Gasteiger partial charge in [-0.25, -0.2) is 14.8 Å². The minimum absolute atomic E-state index is 0.314. The van der Waals surface area contributed by atoms with Gasteiger partial charge in [0.05, 0.1) is 6.61 Å². The van der Waals surface area contributed by atoms with E-state index in [0.717, 1.165) is 34.9 Å². The molecule has 2 rings (SSSR count). The molecule has 1 heterocycles. The molecule has 1 atom stereocenters. The van der Waals surface area contributed by atoms with E-state index < -0.39 is 6.10 Å². The van der Waals surface area contributed by atoms with Crippen LogP contribution in [0.3, 0.4) is 0 Å². The highest BCUT2D eigenvalue weighted by Gasteiger charge is 2.16. The Morgan fingerprint density at radius 1 is 0.778 bits per heavy atom. The number of benzene rings is 1. The number of rotatable bonds is 20. The topological polar surface area (TPSA) is 61.3 Å². The number of carbonyl (C=O) groups is 1. The van der Waals surface area contributed by atoms with Crippen molar-refractivity contribution >= 4 is 17.7 Å². The van der Waals surface area contributed by atoms with Crippen LogP contribution < -0.4 is 4.74 Å². The fourth-order valence-electron chi connectivity index (χ4n) is 3.91. The van der Waals surface area contributed by atoms with E-state index in [1.165, 1.54) is 70.6 Å². The number of aromatic nitrogens is 2. The first-order valence-corrected chi connectivity index (χ1v) is 15.0. The molecular weight excluding hydrogens is 468 g/mol. The molecule has 0 fully saturated rings. The first kappa shape index (κ1) is 30.1. The molecule has 200 valence electrons. The van der Waals surface area contributed by atoms with Crippen molar-refractivity contribution in [1.29, 1.82) is 0 Å². The third kappa shape index (κ3) is 12.8. The first-order chi connectivity index (χ1) is 17.6. The summed E-state index contributed by atoms with van der Waals surface area (Å²) in [7, 11) is 0. The van der Waals surface area contributed by atoms with Gasteiger partial charge in [-0.3, -0.25) is 0 Å². The third-order valence-electron chi connectivity index (χ3n) is 6.18. The second kappa shape index (κ2) is 19.1. The van der Waals surface area contributed by atoms with Crippen LogP contribution in [-0.4, -0.2) is 34.4 Å². The zero-order valence-corrected chi connectivity index (χ0v) is 23.5. The van der Waals surface area contributed by atoms with Crippen molar-refractivity contribution in [2.45, 2.75) is 116 Å². The lowest BCUT2D eigenvalue weighted by Gasteiger charge is -2.14. The van der Waals surface area contributed by atoms with E-state index in [2.05, 4.69) is 23.8 Å². The molecule has 0 aliphatic heterocycles. The highest BCUT2D eigenvalue weighted by molar-refractivity contribution is 7.99. The minimum Gasteiger partial charge on any atom is -0.479 e. The summed E-state index contributed by atoms with van der Waals surface area (Å²) in [6, 6.07) is 7.67. The molecule has 5 nitrogen and oxygen atoms in total. The maximum Gasteiger partial charge on any atom is 0.347 e. The molecule has 0 bridgehead atoms. The Morgan fingerprint density at radius 3 is 1.94 bits per heavy atom. The summed E-state index contributed by atoms with van der Waals surface area (Å²) in [4.78, 5) is 21.2. The Labute approximate surface area is 223 Å². The number of nitrogens with zero attached hydrogens (tertiary/aromatic N) is 2. The number of esters is 1. The van der Waals surface area contributed by atoms with E-state index in [0.29, 0.717) is 12.4 Å². The molecule has 0 saturated carbocycles. The molecule has 0 N–H and O–H groups in total. The summed E-state index contributed by atoms with van der Waals surface area (Å²) in [6.07, 6.45) is 19.3. The van der Waals surface area contributed by atoms with E-state index >= 15 is 0 Å². The number of unbranched alkanes of at least 4 members (excludes halogenated alkanes) is 11. The number of carbonyl (C=O) groups excluding carboxylic acids is 1. The molecule has 6 heteroatoms. The predicted octanol–water partition coefficient (Wildman–Crippen LogP) is 8.66. The third-order valence-corrected chi connectivity index (χ3v) is 7.14. The molecule has 0 saturated heterocycles. The van der Waals surface area contributed by atoms with Gasteiger partial charge in [0.2, 0.25) is 0 Å². The Bertz CT molecular complexity index is 827. The van der Waals surface area contributed by atoms with Gasteiger partial charge >= 0.3 is 5.97 Å².